The number of aromatic nitrogens is 1. The molecule has 1 atom stereocenters. The Bertz CT molecular complexity index is 1150. The molecule has 0 amide bonds. The van der Waals surface area contributed by atoms with Gasteiger partial charge in [0.15, 0.2) is 0 Å². The molecule has 0 aliphatic carbocycles. The minimum absolute atomic E-state index is 0.00291. The SMILES string of the molecule is CCn1c(C)cc(O)c(C(c2cccc(Cl)c2)N2CCN(c3ccc(F)cc3)CC2)c1=O. The molecule has 0 radical (unpaired) electrons. The van der Waals surface area contributed by atoms with Crippen molar-refractivity contribution in [3.05, 3.63) is 92.6 Å². The molecule has 1 unspecified atom stereocenters. The summed E-state index contributed by atoms with van der Waals surface area (Å²) in [7, 11) is 0. The maximum Gasteiger partial charge on any atom is 0.259 e. The van der Waals surface area contributed by atoms with E-state index in [9.17, 15) is 14.3 Å². The molecular weight excluding hydrogens is 429 g/mol. The molecule has 2 aromatic carbocycles. The van der Waals surface area contributed by atoms with Crippen LogP contribution in [0.3, 0.4) is 0 Å². The first-order valence-electron chi connectivity index (χ1n) is 10.8. The Morgan fingerprint density at radius 2 is 1.75 bits per heavy atom. The molecule has 0 saturated carbocycles. The van der Waals surface area contributed by atoms with Crippen molar-refractivity contribution < 1.29 is 9.50 Å². The standard InChI is InChI=1S/C25H27ClFN3O2/c1-3-30-17(2)15-22(31)23(25(30)32)24(18-5-4-6-19(26)16-18)29-13-11-28(12-14-29)21-9-7-20(27)8-10-21/h4-10,15-16,24,31H,3,11-14H2,1-2H3. The van der Waals surface area contributed by atoms with Crippen molar-refractivity contribution in [2.45, 2.75) is 26.4 Å². The number of hydrogen-bond donors (Lipinski definition) is 1. The van der Waals surface area contributed by atoms with Gasteiger partial charge in [0.2, 0.25) is 0 Å². The quantitative estimate of drug-likeness (QED) is 0.611. The second-order valence-corrected chi connectivity index (χ2v) is 8.53. The van der Waals surface area contributed by atoms with E-state index in [2.05, 4.69) is 9.80 Å². The lowest BCUT2D eigenvalue weighted by atomic mass is 9.96. The summed E-state index contributed by atoms with van der Waals surface area (Å²) < 4.78 is 15.0. The van der Waals surface area contributed by atoms with Crippen LogP contribution in [-0.4, -0.2) is 40.8 Å². The number of aryl methyl sites for hydroxylation is 1. The fourth-order valence-electron chi connectivity index (χ4n) is 4.55. The maximum atomic E-state index is 13.4. The largest absolute Gasteiger partial charge is 0.507 e. The molecule has 1 N–H and O–H groups in total. The predicted octanol–water partition coefficient (Wildman–Crippen LogP) is 4.59. The molecule has 7 heteroatoms. The molecule has 0 spiro atoms. The highest BCUT2D eigenvalue weighted by Gasteiger charge is 2.31. The van der Waals surface area contributed by atoms with E-state index in [1.54, 1.807) is 28.8 Å². The van der Waals surface area contributed by atoms with Gasteiger partial charge in [-0.05, 0) is 61.9 Å². The molecule has 0 bridgehead atoms. The normalized spacial score (nSPS) is 15.7. The number of halogens is 2. The minimum Gasteiger partial charge on any atom is -0.507 e. The Kier molecular flexibility index (Phi) is 6.53. The van der Waals surface area contributed by atoms with Crippen LogP contribution in [0.1, 0.15) is 29.8 Å². The fourth-order valence-corrected chi connectivity index (χ4v) is 4.74. The monoisotopic (exact) mass is 455 g/mol. The molecule has 168 valence electrons. The van der Waals surface area contributed by atoms with Crippen molar-refractivity contribution in [1.29, 1.82) is 0 Å². The first-order chi connectivity index (χ1) is 15.4. The van der Waals surface area contributed by atoms with Gasteiger partial charge in [0.05, 0.1) is 11.6 Å². The van der Waals surface area contributed by atoms with Crippen LogP contribution in [0.25, 0.3) is 0 Å². The summed E-state index contributed by atoms with van der Waals surface area (Å²) in [6, 6.07) is 15.2. The van der Waals surface area contributed by atoms with Gasteiger partial charge in [-0.1, -0.05) is 23.7 Å². The van der Waals surface area contributed by atoms with E-state index in [0.29, 0.717) is 30.2 Å². The number of nitrogens with zero attached hydrogens (tertiary/aromatic N) is 3. The second-order valence-electron chi connectivity index (χ2n) is 8.09. The van der Waals surface area contributed by atoms with E-state index in [1.807, 2.05) is 32.0 Å². The van der Waals surface area contributed by atoms with Crippen LogP contribution in [0.5, 0.6) is 5.75 Å². The van der Waals surface area contributed by atoms with Crippen LogP contribution in [0.2, 0.25) is 5.02 Å². The van der Waals surface area contributed by atoms with Crippen LogP contribution >= 0.6 is 11.6 Å². The number of aromatic hydroxyl groups is 1. The van der Waals surface area contributed by atoms with Gasteiger partial charge in [-0.2, -0.15) is 0 Å². The second kappa shape index (κ2) is 9.35. The maximum absolute atomic E-state index is 13.4. The third-order valence-electron chi connectivity index (χ3n) is 6.15. The highest BCUT2D eigenvalue weighted by Crippen LogP contribution is 2.34. The van der Waals surface area contributed by atoms with Gasteiger partial charge < -0.3 is 14.6 Å². The van der Waals surface area contributed by atoms with Crippen LogP contribution in [0, 0.1) is 12.7 Å². The summed E-state index contributed by atoms with van der Waals surface area (Å²) in [6.45, 7) is 7.06. The smallest absolute Gasteiger partial charge is 0.259 e. The number of pyridine rings is 1. The topological polar surface area (TPSA) is 48.7 Å². The van der Waals surface area contributed by atoms with Gasteiger partial charge in [0, 0.05) is 49.1 Å². The molecule has 1 saturated heterocycles. The molecule has 32 heavy (non-hydrogen) atoms. The first kappa shape index (κ1) is 22.4. The van der Waals surface area contributed by atoms with Gasteiger partial charge in [0.1, 0.15) is 11.6 Å². The lowest BCUT2D eigenvalue weighted by molar-refractivity contribution is 0.207. The van der Waals surface area contributed by atoms with Crippen molar-refractivity contribution in [3.63, 3.8) is 0 Å². The summed E-state index contributed by atoms with van der Waals surface area (Å²) in [4.78, 5) is 17.8. The van der Waals surface area contributed by atoms with E-state index >= 15 is 0 Å². The zero-order valence-electron chi connectivity index (χ0n) is 18.3. The molecule has 2 heterocycles. The minimum atomic E-state index is -0.421. The third kappa shape index (κ3) is 4.38. The summed E-state index contributed by atoms with van der Waals surface area (Å²) in [5.74, 6) is -0.251. The van der Waals surface area contributed by atoms with Crippen molar-refractivity contribution in [1.82, 2.24) is 9.47 Å². The highest BCUT2D eigenvalue weighted by molar-refractivity contribution is 6.30. The van der Waals surface area contributed by atoms with Gasteiger partial charge in [-0.15, -0.1) is 0 Å². The molecule has 1 aliphatic heterocycles. The summed E-state index contributed by atoms with van der Waals surface area (Å²) in [6.07, 6.45) is 0. The van der Waals surface area contributed by atoms with E-state index in [-0.39, 0.29) is 17.1 Å². The number of benzene rings is 2. The average Bonchev–Trinajstić information content (AvgIpc) is 2.77. The molecule has 1 aromatic heterocycles. The molecule has 5 nitrogen and oxygen atoms in total. The Balaban J connectivity index is 1.71. The fraction of sp³-hybridized carbons (Fsp3) is 0.320. The first-order valence-corrected chi connectivity index (χ1v) is 11.2. The lowest BCUT2D eigenvalue weighted by Crippen LogP contribution is -2.49. The van der Waals surface area contributed by atoms with Crippen LogP contribution in [0.4, 0.5) is 10.1 Å². The average molecular weight is 456 g/mol. The summed E-state index contributed by atoms with van der Waals surface area (Å²) in [5, 5.41) is 11.4. The summed E-state index contributed by atoms with van der Waals surface area (Å²) in [5.41, 5.74) is 2.75. The van der Waals surface area contributed by atoms with Crippen molar-refractivity contribution in [2.24, 2.45) is 0 Å². The number of anilines is 1. The Labute approximate surface area is 192 Å². The van der Waals surface area contributed by atoms with Crippen molar-refractivity contribution >= 4 is 17.3 Å². The molecule has 1 aliphatic rings. The lowest BCUT2D eigenvalue weighted by Gasteiger charge is -2.40. The highest BCUT2D eigenvalue weighted by atomic mass is 35.5. The summed E-state index contributed by atoms with van der Waals surface area (Å²) >= 11 is 6.29. The Morgan fingerprint density at radius 1 is 1.06 bits per heavy atom. The molecular formula is C25H27ClFN3O2. The molecule has 1 fully saturated rings. The Morgan fingerprint density at radius 3 is 2.38 bits per heavy atom. The van der Waals surface area contributed by atoms with Crippen molar-refractivity contribution in [3.8, 4) is 5.75 Å². The van der Waals surface area contributed by atoms with E-state index < -0.39 is 6.04 Å². The Hall–Kier alpha value is -2.83. The number of piperazine rings is 1. The van der Waals surface area contributed by atoms with E-state index in [4.69, 9.17) is 11.6 Å². The van der Waals surface area contributed by atoms with E-state index in [0.717, 1.165) is 30.0 Å². The van der Waals surface area contributed by atoms with Crippen LogP contribution in [-0.2, 0) is 6.54 Å². The van der Waals surface area contributed by atoms with Gasteiger partial charge >= 0.3 is 0 Å². The molecule has 4 rings (SSSR count). The van der Waals surface area contributed by atoms with Gasteiger partial charge in [-0.25, -0.2) is 4.39 Å². The van der Waals surface area contributed by atoms with Crippen LogP contribution in [0.15, 0.2) is 59.4 Å². The van der Waals surface area contributed by atoms with Gasteiger partial charge in [-0.3, -0.25) is 9.69 Å². The zero-order valence-corrected chi connectivity index (χ0v) is 19.0. The van der Waals surface area contributed by atoms with Gasteiger partial charge in [0.25, 0.3) is 5.56 Å². The van der Waals surface area contributed by atoms with Crippen LogP contribution < -0.4 is 10.5 Å². The number of rotatable bonds is 5. The third-order valence-corrected chi connectivity index (χ3v) is 6.38. The van der Waals surface area contributed by atoms with E-state index in [1.165, 1.54) is 12.1 Å². The zero-order chi connectivity index (χ0) is 22.8. The molecule has 3 aromatic rings. The number of hydrogen-bond acceptors (Lipinski definition) is 4. The predicted molar refractivity (Wildman–Crippen MR) is 126 cm³/mol. The van der Waals surface area contributed by atoms with Crippen molar-refractivity contribution in [2.75, 3.05) is 31.1 Å².